The molecular weight excluding hydrogens is 336 g/mol. The summed E-state index contributed by atoms with van der Waals surface area (Å²) in [5.41, 5.74) is 3.90. The molecule has 0 unspecified atom stereocenters. The zero-order valence-corrected chi connectivity index (χ0v) is 15.8. The third-order valence-corrected chi connectivity index (χ3v) is 7.24. The summed E-state index contributed by atoms with van der Waals surface area (Å²) in [7, 11) is -3.11. The average Bonchev–Trinajstić information content (AvgIpc) is 2.62. The van der Waals surface area contributed by atoms with E-state index in [1.807, 2.05) is 0 Å². The molecule has 25 heavy (non-hydrogen) atoms. The number of amides is 1. The number of aryl methyl sites for hydroxylation is 2. The molecule has 1 aromatic carbocycles. The van der Waals surface area contributed by atoms with Crippen LogP contribution in [0.25, 0.3) is 0 Å². The van der Waals surface area contributed by atoms with Crippen molar-refractivity contribution in [1.82, 2.24) is 9.62 Å². The van der Waals surface area contributed by atoms with Gasteiger partial charge in [-0.2, -0.15) is 0 Å². The van der Waals surface area contributed by atoms with Crippen molar-refractivity contribution in [2.45, 2.75) is 57.9 Å². The number of piperidine rings is 1. The number of nitrogens with zero attached hydrogens (tertiary/aromatic N) is 1. The van der Waals surface area contributed by atoms with E-state index in [0.29, 0.717) is 32.4 Å². The molecule has 138 valence electrons. The summed E-state index contributed by atoms with van der Waals surface area (Å²) in [6.45, 7) is 2.67. The van der Waals surface area contributed by atoms with E-state index in [2.05, 4.69) is 23.5 Å². The van der Waals surface area contributed by atoms with Gasteiger partial charge in [0.25, 0.3) is 0 Å². The maximum Gasteiger partial charge on any atom is 0.224 e. The minimum Gasteiger partial charge on any atom is -0.353 e. The molecule has 6 heteroatoms. The van der Waals surface area contributed by atoms with E-state index >= 15 is 0 Å². The van der Waals surface area contributed by atoms with Crippen LogP contribution in [0.5, 0.6) is 0 Å². The number of hydrogen-bond donors (Lipinski definition) is 1. The monoisotopic (exact) mass is 364 g/mol. The average molecular weight is 365 g/mol. The lowest BCUT2D eigenvalue weighted by Crippen LogP contribution is -2.47. The minimum absolute atomic E-state index is 0.0348. The molecule has 3 rings (SSSR count). The molecule has 0 atom stereocenters. The summed E-state index contributed by atoms with van der Waals surface area (Å²) >= 11 is 0. The maximum absolute atomic E-state index is 12.3. The molecule has 0 spiro atoms. The first-order valence-corrected chi connectivity index (χ1v) is 11.0. The van der Waals surface area contributed by atoms with Gasteiger partial charge in [-0.3, -0.25) is 4.79 Å². The molecule has 1 aliphatic carbocycles. The fourth-order valence-corrected chi connectivity index (χ4v) is 4.95. The Morgan fingerprint density at radius 1 is 1.16 bits per heavy atom. The highest BCUT2D eigenvalue weighted by atomic mass is 32.2. The van der Waals surface area contributed by atoms with Crippen LogP contribution in [0.15, 0.2) is 18.2 Å². The van der Waals surface area contributed by atoms with Gasteiger partial charge in [0.1, 0.15) is 0 Å². The third-order valence-electron chi connectivity index (χ3n) is 5.35. The molecular formula is C19H28N2O3S. The number of nitrogens with one attached hydrogen (secondary N) is 1. The lowest BCUT2D eigenvalue weighted by Gasteiger charge is -2.31. The Kier molecular flexibility index (Phi) is 5.79. The Morgan fingerprint density at radius 3 is 2.52 bits per heavy atom. The molecule has 2 aliphatic rings. The first kappa shape index (κ1) is 18.4. The maximum atomic E-state index is 12.3. The van der Waals surface area contributed by atoms with Gasteiger partial charge in [0.05, 0.1) is 12.2 Å². The number of fused-ring (bicyclic) bond motifs is 1. The first-order chi connectivity index (χ1) is 12.0. The summed E-state index contributed by atoms with van der Waals surface area (Å²) in [4.78, 5) is 12.3. The summed E-state index contributed by atoms with van der Waals surface area (Å²) in [5.74, 6) is 0.176. The van der Waals surface area contributed by atoms with Crippen LogP contribution in [0.2, 0.25) is 0 Å². The number of carbonyl (C=O) groups excluding carboxylic acids is 1. The van der Waals surface area contributed by atoms with E-state index in [-0.39, 0.29) is 17.7 Å². The number of rotatable bonds is 5. The van der Waals surface area contributed by atoms with Gasteiger partial charge in [0, 0.05) is 19.1 Å². The van der Waals surface area contributed by atoms with E-state index in [9.17, 15) is 13.2 Å². The van der Waals surface area contributed by atoms with Crippen LogP contribution in [-0.2, 0) is 34.1 Å². The number of hydrogen-bond acceptors (Lipinski definition) is 3. The van der Waals surface area contributed by atoms with Crippen molar-refractivity contribution in [3.8, 4) is 0 Å². The van der Waals surface area contributed by atoms with E-state index in [0.717, 1.165) is 18.4 Å². The summed E-state index contributed by atoms with van der Waals surface area (Å²) in [6, 6.07) is 6.50. The fraction of sp³-hybridized carbons (Fsp3) is 0.632. The fourth-order valence-electron chi connectivity index (χ4n) is 3.82. The Balaban J connectivity index is 1.50. The normalized spacial score (nSPS) is 19.4. The van der Waals surface area contributed by atoms with Crippen LogP contribution in [0.4, 0.5) is 0 Å². The first-order valence-electron chi connectivity index (χ1n) is 9.36. The van der Waals surface area contributed by atoms with E-state index in [1.165, 1.54) is 24.0 Å². The molecule has 1 aliphatic heterocycles. The van der Waals surface area contributed by atoms with Gasteiger partial charge >= 0.3 is 0 Å². The highest BCUT2D eigenvalue weighted by Gasteiger charge is 2.27. The topological polar surface area (TPSA) is 66.5 Å². The number of carbonyl (C=O) groups is 1. The van der Waals surface area contributed by atoms with Gasteiger partial charge in [-0.15, -0.1) is 0 Å². The molecule has 1 aromatic rings. The third kappa shape index (κ3) is 4.61. The summed E-state index contributed by atoms with van der Waals surface area (Å²) in [6.07, 6.45) is 6.56. The predicted octanol–water partition coefficient (Wildman–Crippen LogP) is 2.04. The molecule has 1 amide bonds. The molecule has 0 bridgehead atoms. The predicted molar refractivity (Wildman–Crippen MR) is 99.0 cm³/mol. The van der Waals surface area contributed by atoms with Crippen molar-refractivity contribution in [2.75, 3.05) is 18.8 Å². The zero-order valence-electron chi connectivity index (χ0n) is 15.0. The Labute approximate surface area is 150 Å². The lowest BCUT2D eigenvalue weighted by atomic mass is 9.90. The van der Waals surface area contributed by atoms with Crippen molar-refractivity contribution < 1.29 is 13.2 Å². The second kappa shape index (κ2) is 7.87. The van der Waals surface area contributed by atoms with Crippen LogP contribution in [-0.4, -0.2) is 43.5 Å². The van der Waals surface area contributed by atoms with Gasteiger partial charge in [-0.25, -0.2) is 12.7 Å². The van der Waals surface area contributed by atoms with Crippen LogP contribution < -0.4 is 5.32 Å². The van der Waals surface area contributed by atoms with Crippen molar-refractivity contribution in [2.24, 2.45) is 0 Å². The van der Waals surface area contributed by atoms with Crippen LogP contribution in [0, 0.1) is 0 Å². The van der Waals surface area contributed by atoms with Crippen molar-refractivity contribution in [3.63, 3.8) is 0 Å². The van der Waals surface area contributed by atoms with Crippen molar-refractivity contribution in [3.05, 3.63) is 34.9 Å². The molecule has 1 saturated heterocycles. The molecule has 1 heterocycles. The van der Waals surface area contributed by atoms with E-state index in [1.54, 1.807) is 11.2 Å². The van der Waals surface area contributed by atoms with E-state index < -0.39 is 10.0 Å². The van der Waals surface area contributed by atoms with Crippen molar-refractivity contribution >= 4 is 15.9 Å². The Morgan fingerprint density at radius 2 is 1.84 bits per heavy atom. The second-order valence-corrected chi connectivity index (χ2v) is 9.39. The highest BCUT2D eigenvalue weighted by Crippen LogP contribution is 2.22. The van der Waals surface area contributed by atoms with Crippen LogP contribution in [0.3, 0.4) is 0 Å². The standard InChI is InChI=1S/C19H28N2O3S/c1-2-25(23,24)21-11-9-18(10-12-21)20-19(22)14-15-7-8-16-5-3-4-6-17(16)13-15/h7-8,13,18H,2-6,9-12,14H2,1H3,(H,20,22). The van der Waals surface area contributed by atoms with Gasteiger partial charge in [0.15, 0.2) is 0 Å². The van der Waals surface area contributed by atoms with Gasteiger partial charge in [-0.1, -0.05) is 18.2 Å². The van der Waals surface area contributed by atoms with Crippen LogP contribution in [0.1, 0.15) is 49.3 Å². The zero-order chi connectivity index (χ0) is 17.9. The van der Waals surface area contributed by atoms with Gasteiger partial charge in [0.2, 0.25) is 15.9 Å². The Hall–Kier alpha value is -1.40. The quantitative estimate of drug-likeness (QED) is 0.869. The number of sulfonamides is 1. The molecule has 0 radical (unpaired) electrons. The Bertz CT molecular complexity index is 722. The lowest BCUT2D eigenvalue weighted by molar-refractivity contribution is -0.121. The minimum atomic E-state index is -3.11. The summed E-state index contributed by atoms with van der Waals surface area (Å²) < 4.78 is 25.3. The van der Waals surface area contributed by atoms with Crippen LogP contribution >= 0.6 is 0 Å². The molecule has 0 aromatic heterocycles. The molecule has 0 saturated carbocycles. The number of benzene rings is 1. The summed E-state index contributed by atoms with van der Waals surface area (Å²) in [5, 5.41) is 3.08. The molecule has 5 nitrogen and oxygen atoms in total. The highest BCUT2D eigenvalue weighted by molar-refractivity contribution is 7.89. The van der Waals surface area contributed by atoms with Gasteiger partial charge < -0.3 is 5.32 Å². The molecule has 1 N–H and O–H groups in total. The van der Waals surface area contributed by atoms with Gasteiger partial charge in [-0.05, 0) is 62.1 Å². The van der Waals surface area contributed by atoms with E-state index in [4.69, 9.17) is 0 Å². The molecule has 1 fully saturated rings. The SMILES string of the molecule is CCS(=O)(=O)N1CCC(NC(=O)Cc2ccc3c(c2)CCCC3)CC1. The van der Waals surface area contributed by atoms with Crippen molar-refractivity contribution in [1.29, 1.82) is 0 Å². The smallest absolute Gasteiger partial charge is 0.224 e. The second-order valence-electron chi connectivity index (χ2n) is 7.13. The largest absolute Gasteiger partial charge is 0.353 e.